The van der Waals surface area contributed by atoms with Gasteiger partial charge in [-0.2, -0.15) is 0 Å². The first-order chi connectivity index (χ1) is 11.0. The first-order valence-electron chi connectivity index (χ1n) is 6.80. The van der Waals surface area contributed by atoms with Gasteiger partial charge in [-0.05, 0) is 55.5 Å². The number of ether oxygens (including phenoxy) is 1. The molecule has 0 unspecified atom stereocenters. The molecule has 0 fully saturated rings. The fourth-order valence-electron chi connectivity index (χ4n) is 1.86. The molecule has 0 heterocycles. The smallest absolute Gasteiger partial charge is 0.261 e. The van der Waals surface area contributed by atoms with Crippen LogP contribution < -0.4 is 15.4 Å². The molecule has 0 bridgehead atoms. The van der Waals surface area contributed by atoms with Crippen LogP contribution in [0.2, 0.25) is 5.02 Å². The molecule has 0 aliphatic heterocycles. The van der Waals surface area contributed by atoms with Gasteiger partial charge in [0.2, 0.25) is 0 Å². The minimum absolute atomic E-state index is 0.180. The van der Waals surface area contributed by atoms with Gasteiger partial charge in [-0.25, -0.2) is 0 Å². The average molecular weight is 414 g/mol. The zero-order valence-corrected chi connectivity index (χ0v) is 15.4. The highest BCUT2D eigenvalue weighted by molar-refractivity contribution is 9.10. The summed E-state index contributed by atoms with van der Waals surface area (Å²) in [7, 11) is 0. The standard InChI is InChI=1S/C16H14BrClN2O2S/c1-2-22-14-7-6-10(17)8-13(14)15(21)20-16(23)19-12-5-3-4-11(18)9-12/h3-9H,2H2,1H3,(H2,19,20,21,23). The zero-order valence-electron chi connectivity index (χ0n) is 12.2. The summed E-state index contributed by atoms with van der Waals surface area (Å²) in [6, 6.07) is 12.3. The number of halogens is 2. The summed E-state index contributed by atoms with van der Waals surface area (Å²) in [5.74, 6) is 0.146. The minimum Gasteiger partial charge on any atom is -0.493 e. The van der Waals surface area contributed by atoms with E-state index in [0.29, 0.717) is 28.6 Å². The molecule has 2 aromatic carbocycles. The highest BCUT2D eigenvalue weighted by Crippen LogP contribution is 2.23. The monoisotopic (exact) mass is 412 g/mol. The molecule has 0 saturated carbocycles. The van der Waals surface area contributed by atoms with Crippen LogP contribution in [0.5, 0.6) is 5.75 Å². The van der Waals surface area contributed by atoms with Gasteiger partial charge in [0.05, 0.1) is 12.2 Å². The second kappa shape index (κ2) is 8.29. The van der Waals surface area contributed by atoms with E-state index in [1.807, 2.05) is 13.0 Å². The van der Waals surface area contributed by atoms with Crippen LogP contribution in [0.25, 0.3) is 0 Å². The van der Waals surface area contributed by atoms with Gasteiger partial charge >= 0.3 is 0 Å². The highest BCUT2D eigenvalue weighted by Gasteiger charge is 2.14. The molecule has 1 amide bonds. The van der Waals surface area contributed by atoms with Crippen molar-refractivity contribution in [3.63, 3.8) is 0 Å². The first-order valence-corrected chi connectivity index (χ1v) is 8.37. The molecule has 0 aliphatic rings. The van der Waals surface area contributed by atoms with Crippen molar-refractivity contribution in [1.29, 1.82) is 0 Å². The van der Waals surface area contributed by atoms with Crippen molar-refractivity contribution in [2.24, 2.45) is 0 Å². The van der Waals surface area contributed by atoms with Crippen LogP contribution in [-0.2, 0) is 0 Å². The number of nitrogens with one attached hydrogen (secondary N) is 2. The molecule has 2 N–H and O–H groups in total. The molecule has 0 radical (unpaired) electrons. The topological polar surface area (TPSA) is 50.4 Å². The predicted molar refractivity (Wildman–Crippen MR) is 100 cm³/mol. The maximum absolute atomic E-state index is 12.4. The van der Waals surface area contributed by atoms with Gasteiger partial charge in [-0.3, -0.25) is 10.1 Å². The van der Waals surface area contributed by atoms with Crippen molar-refractivity contribution in [1.82, 2.24) is 5.32 Å². The summed E-state index contributed by atoms with van der Waals surface area (Å²) in [5, 5.41) is 6.30. The minimum atomic E-state index is -0.353. The Kier molecular flexibility index (Phi) is 6.38. The molecule has 23 heavy (non-hydrogen) atoms. The van der Waals surface area contributed by atoms with Crippen molar-refractivity contribution in [2.45, 2.75) is 6.92 Å². The lowest BCUT2D eigenvalue weighted by Crippen LogP contribution is -2.34. The average Bonchev–Trinajstić information content (AvgIpc) is 2.49. The Labute approximate surface area is 153 Å². The van der Waals surface area contributed by atoms with Crippen molar-refractivity contribution in [3.05, 3.63) is 57.5 Å². The van der Waals surface area contributed by atoms with Gasteiger partial charge in [0.15, 0.2) is 5.11 Å². The molecule has 0 aliphatic carbocycles. The van der Waals surface area contributed by atoms with E-state index in [1.165, 1.54) is 0 Å². The van der Waals surface area contributed by atoms with Crippen LogP contribution >= 0.6 is 39.7 Å². The summed E-state index contributed by atoms with van der Waals surface area (Å²) in [4.78, 5) is 12.4. The van der Waals surface area contributed by atoms with E-state index in [4.69, 9.17) is 28.6 Å². The molecule has 0 spiro atoms. The number of hydrogen-bond donors (Lipinski definition) is 2. The van der Waals surface area contributed by atoms with Crippen molar-refractivity contribution in [3.8, 4) is 5.75 Å². The number of thiocarbonyl (C=S) groups is 1. The van der Waals surface area contributed by atoms with Crippen LogP contribution in [0.3, 0.4) is 0 Å². The van der Waals surface area contributed by atoms with Gasteiger partial charge in [-0.15, -0.1) is 0 Å². The molecule has 120 valence electrons. The summed E-state index contributed by atoms with van der Waals surface area (Å²) in [5.41, 5.74) is 1.10. The lowest BCUT2D eigenvalue weighted by Gasteiger charge is -2.13. The lowest BCUT2D eigenvalue weighted by molar-refractivity contribution is 0.0974. The predicted octanol–water partition coefficient (Wildman–Crippen LogP) is 4.63. The number of anilines is 1. The van der Waals surface area contributed by atoms with E-state index in [9.17, 15) is 4.79 Å². The third kappa shape index (κ3) is 5.20. The first kappa shape index (κ1) is 17.7. The van der Waals surface area contributed by atoms with Gasteiger partial charge in [0.25, 0.3) is 5.91 Å². The molecule has 0 aromatic heterocycles. The van der Waals surface area contributed by atoms with Crippen LogP contribution in [0.15, 0.2) is 46.9 Å². The van der Waals surface area contributed by atoms with E-state index in [0.717, 1.165) is 4.47 Å². The Balaban J connectivity index is 2.09. The number of hydrogen-bond acceptors (Lipinski definition) is 3. The lowest BCUT2D eigenvalue weighted by atomic mass is 10.2. The Bertz CT molecular complexity index is 740. The van der Waals surface area contributed by atoms with Gasteiger partial charge in [0, 0.05) is 15.2 Å². The Morgan fingerprint density at radius 1 is 1.30 bits per heavy atom. The molecule has 0 saturated heterocycles. The number of carbonyl (C=O) groups is 1. The van der Waals surface area contributed by atoms with Gasteiger partial charge in [-0.1, -0.05) is 33.6 Å². The van der Waals surface area contributed by atoms with Crippen molar-refractivity contribution < 1.29 is 9.53 Å². The largest absolute Gasteiger partial charge is 0.493 e. The van der Waals surface area contributed by atoms with Crippen LogP contribution in [0, 0.1) is 0 Å². The van der Waals surface area contributed by atoms with Crippen molar-refractivity contribution >= 4 is 56.5 Å². The van der Waals surface area contributed by atoms with E-state index in [2.05, 4.69) is 26.6 Å². The van der Waals surface area contributed by atoms with E-state index >= 15 is 0 Å². The quantitative estimate of drug-likeness (QED) is 0.718. The van der Waals surface area contributed by atoms with Gasteiger partial charge in [0.1, 0.15) is 5.75 Å². The Morgan fingerprint density at radius 2 is 2.09 bits per heavy atom. The molecular weight excluding hydrogens is 400 g/mol. The third-order valence-corrected chi connectivity index (χ3v) is 3.73. The summed E-state index contributed by atoms with van der Waals surface area (Å²) in [6.45, 7) is 2.32. The molecule has 4 nitrogen and oxygen atoms in total. The van der Waals surface area contributed by atoms with E-state index in [1.54, 1.807) is 36.4 Å². The third-order valence-electron chi connectivity index (χ3n) is 2.80. The summed E-state index contributed by atoms with van der Waals surface area (Å²) in [6.07, 6.45) is 0. The highest BCUT2D eigenvalue weighted by atomic mass is 79.9. The number of benzene rings is 2. The molecule has 2 aromatic rings. The molecule has 0 atom stereocenters. The van der Waals surface area contributed by atoms with Crippen LogP contribution in [-0.4, -0.2) is 17.6 Å². The van der Waals surface area contributed by atoms with Gasteiger partial charge < -0.3 is 10.1 Å². The summed E-state index contributed by atoms with van der Waals surface area (Å²) < 4.78 is 6.24. The molecular formula is C16H14BrClN2O2S. The fourth-order valence-corrected chi connectivity index (χ4v) is 2.62. The van der Waals surface area contributed by atoms with E-state index in [-0.39, 0.29) is 11.0 Å². The second-order valence-corrected chi connectivity index (χ2v) is 6.25. The SMILES string of the molecule is CCOc1ccc(Br)cc1C(=O)NC(=S)Nc1cccc(Cl)c1. The Hall–Kier alpha value is -1.63. The number of carbonyl (C=O) groups excluding carboxylic acids is 1. The zero-order chi connectivity index (χ0) is 16.8. The van der Waals surface area contributed by atoms with Crippen LogP contribution in [0.4, 0.5) is 5.69 Å². The molecule has 2 rings (SSSR count). The Morgan fingerprint density at radius 3 is 2.78 bits per heavy atom. The maximum Gasteiger partial charge on any atom is 0.261 e. The van der Waals surface area contributed by atoms with E-state index < -0.39 is 0 Å². The van der Waals surface area contributed by atoms with Crippen molar-refractivity contribution in [2.75, 3.05) is 11.9 Å². The second-order valence-electron chi connectivity index (χ2n) is 4.49. The normalized spacial score (nSPS) is 10.0. The summed E-state index contributed by atoms with van der Waals surface area (Å²) >= 11 is 14.4. The van der Waals surface area contributed by atoms with Crippen LogP contribution in [0.1, 0.15) is 17.3 Å². The maximum atomic E-state index is 12.4. The number of amides is 1. The fraction of sp³-hybridized carbons (Fsp3) is 0.125. The number of rotatable bonds is 4. The molecule has 7 heteroatoms.